The van der Waals surface area contributed by atoms with Gasteiger partial charge in [0.05, 0.1) is 6.10 Å². The zero-order chi connectivity index (χ0) is 20.3. The number of Topliss-reactive ketones (excluding diaryl/α,β-unsaturated/α-hetero) is 1. The first kappa shape index (κ1) is 19.9. The molecule has 0 saturated heterocycles. The SMILES string of the molecule is CN(C)c1ccc(/C=C2\CC(O)C/C(=C\c3ccc(N(C)C)cc3)C2=O)cc1. The summed E-state index contributed by atoms with van der Waals surface area (Å²) in [5.41, 5.74) is 5.48. The fraction of sp³-hybridized carbons (Fsp3) is 0.292. The highest BCUT2D eigenvalue weighted by molar-refractivity contribution is 6.14. The molecule has 0 atom stereocenters. The molecule has 28 heavy (non-hydrogen) atoms. The van der Waals surface area contributed by atoms with Crippen molar-refractivity contribution in [3.63, 3.8) is 0 Å². The molecule has 3 rings (SSSR count). The zero-order valence-corrected chi connectivity index (χ0v) is 17.0. The van der Waals surface area contributed by atoms with E-state index in [0.717, 1.165) is 22.5 Å². The van der Waals surface area contributed by atoms with Crippen molar-refractivity contribution in [2.24, 2.45) is 0 Å². The topological polar surface area (TPSA) is 43.8 Å². The standard InChI is InChI=1S/C24H28N2O2/c1-25(2)21-9-5-17(6-10-21)13-19-15-23(27)16-20(24(19)28)14-18-7-11-22(12-8-18)26(3)4/h5-14,23,27H,15-16H2,1-4H3/b19-13+,20-14+. The lowest BCUT2D eigenvalue weighted by Crippen LogP contribution is -2.23. The number of benzene rings is 2. The Kier molecular flexibility index (Phi) is 6.00. The fourth-order valence-electron chi connectivity index (χ4n) is 3.36. The van der Waals surface area contributed by atoms with Crippen LogP contribution < -0.4 is 9.80 Å². The molecule has 2 aromatic rings. The first-order valence-corrected chi connectivity index (χ1v) is 9.52. The van der Waals surface area contributed by atoms with E-state index in [1.807, 2.05) is 98.7 Å². The molecule has 2 aromatic carbocycles. The van der Waals surface area contributed by atoms with E-state index in [-0.39, 0.29) is 5.78 Å². The molecule has 1 aliphatic rings. The summed E-state index contributed by atoms with van der Waals surface area (Å²) in [7, 11) is 7.99. The number of anilines is 2. The third-order valence-corrected chi connectivity index (χ3v) is 5.00. The summed E-state index contributed by atoms with van der Waals surface area (Å²) in [4.78, 5) is 17.0. The van der Waals surface area contributed by atoms with Crippen molar-refractivity contribution >= 4 is 29.3 Å². The van der Waals surface area contributed by atoms with E-state index in [2.05, 4.69) is 0 Å². The maximum atomic E-state index is 13.0. The number of nitrogens with zero attached hydrogens (tertiary/aromatic N) is 2. The molecular formula is C24H28N2O2. The molecule has 0 aliphatic heterocycles. The predicted molar refractivity (Wildman–Crippen MR) is 118 cm³/mol. The number of carbonyl (C=O) groups excluding carboxylic acids is 1. The molecule has 1 fully saturated rings. The normalized spacial score (nSPS) is 19.9. The van der Waals surface area contributed by atoms with Crippen LogP contribution in [0.1, 0.15) is 24.0 Å². The summed E-state index contributed by atoms with van der Waals surface area (Å²) in [6, 6.07) is 16.1. The second kappa shape index (κ2) is 8.44. The highest BCUT2D eigenvalue weighted by Gasteiger charge is 2.26. The summed E-state index contributed by atoms with van der Waals surface area (Å²) in [6.07, 6.45) is 4.05. The van der Waals surface area contributed by atoms with E-state index >= 15 is 0 Å². The minimum atomic E-state index is -0.530. The van der Waals surface area contributed by atoms with Gasteiger partial charge < -0.3 is 14.9 Å². The highest BCUT2D eigenvalue weighted by atomic mass is 16.3. The average molecular weight is 377 g/mol. The molecule has 1 aliphatic carbocycles. The maximum Gasteiger partial charge on any atom is 0.185 e. The van der Waals surface area contributed by atoms with Gasteiger partial charge in [-0.15, -0.1) is 0 Å². The van der Waals surface area contributed by atoms with Gasteiger partial charge in [-0.25, -0.2) is 0 Å². The monoisotopic (exact) mass is 376 g/mol. The van der Waals surface area contributed by atoms with E-state index in [1.165, 1.54) is 0 Å². The quantitative estimate of drug-likeness (QED) is 0.819. The Labute approximate surface area is 167 Å². The van der Waals surface area contributed by atoms with E-state index in [9.17, 15) is 9.90 Å². The molecule has 0 spiro atoms. The van der Waals surface area contributed by atoms with E-state index in [0.29, 0.717) is 24.0 Å². The van der Waals surface area contributed by atoms with Crippen LogP contribution in [0.3, 0.4) is 0 Å². The number of rotatable bonds is 4. The van der Waals surface area contributed by atoms with Crippen molar-refractivity contribution in [2.45, 2.75) is 18.9 Å². The van der Waals surface area contributed by atoms with Crippen molar-refractivity contribution in [1.82, 2.24) is 0 Å². The molecule has 146 valence electrons. The Morgan fingerprint density at radius 3 is 1.43 bits per heavy atom. The van der Waals surface area contributed by atoms with Crippen molar-refractivity contribution in [1.29, 1.82) is 0 Å². The summed E-state index contributed by atoms with van der Waals surface area (Å²) in [6.45, 7) is 0. The van der Waals surface area contributed by atoms with E-state index in [4.69, 9.17) is 0 Å². The molecule has 0 unspecified atom stereocenters. The molecule has 0 radical (unpaired) electrons. The van der Waals surface area contributed by atoms with Crippen LogP contribution in [0.4, 0.5) is 11.4 Å². The van der Waals surface area contributed by atoms with Gasteiger partial charge in [-0.3, -0.25) is 4.79 Å². The number of hydrogen-bond acceptors (Lipinski definition) is 4. The van der Waals surface area contributed by atoms with Crippen LogP contribution in [-0.2, 0) is 4.79 Å². The van der Waals surface area contributed by atoms with Crippen LogP contribution in [0.25, 0.3) is 12.2 Å². The van der Waals surface area contributed by atoms with Crippen LogP contribution in [-0.4, -0.2) is 45.2 Å². The van der Waals surface area contributed by atoms with Gasteiger partial charge in [0, 0.05) is 63.6 Å². The number of carbonyl (C=O) groups is 1. The Morgan fingerprint density at radius 1 is 0.750 bits per heavy atom. The molecule has 1 N–H and O–H groups in total. The van der Waals surface area contributed by atoms with Crippen LogP contribution in [0, 0.1) is 0 Å². The molecule has 0 amide bonds. The predicted octanol–water partition coefficient (Wildman–Crippen LogP) is 4.01. The fourth-order valence-corrected chi connectivity index (χ4v) is 3.36. The van der Waals surface area contributed by atoms with Gasteiger partial charge in [-0.05, 0) is 47.5 Å². The smallest absolute Gasteiger partial charge is 0.185 e. The van der Waals surface area contributed by atoms with Gasteiger partial charge in [-0.2, -0.15) is 0 Å². The van der Waals surface area contributed by atoms with Gasteiger partial charge in [0.1, 0.15) is 0 Å². The summed E-state index contributed by atoms with van der Waals surface area (Å²) in [5.74, 6) is 0.0265. The number of aliphatic hydroxyl groups is 1. The molecule has 4 nitrogen and oxygen atoms in total. The van der Waals surface area contributed by atoms with Crippen LogP contribution in [0.5, 0.6) is 0 Å². The van der Waals surface area contributed by atoms with Crippen LogP contribution in [0.2, 0.25) is 0 Å². The molecule has 1 saturated carbocycles. The van der Waals surface area contributed by atoms with Gasteiger partial charge in [0.25, 0.3) is 0 Å². The molecule has 4 heteroatoms. The minimum Gasteiger partial charge on any atom is -0.392 e. The van der Waals surface area contributed by atoms with Gasteiger partial charge >= 0.3 is 0 Å². The Balaban J connectivity index is 1.85. The second-order valence-corrected chi connectivity index (χ2v) is 7.70. The highest BCUT2D eigenvalue weighted by Crippen LogP contribution is 2.29. The van der Waals surface area contributed by atoms with Crippen LogP contribution >= 0.6 is 0 Å². The average Bonchev–Trinajstić information content (AvgIpc) is 2.66. The summed E-state index contributed by atoms with van der Waals surface area (Å²) >= 11 is 0. The lowest BCUT2D eigenvalue weighted by molar-refractivity contribution is -0.113. The number of hydrogen-bond donors (Lipinski definition) is 1. The van der Waals surface area contributed by atoms with E-state index < -0.39 is 6.10 Å². The molecular weight excluding hydrogens is 348 g/mol. The van der Waals surface area contributed by atoms with Crippen LogP contribution in [0.15, 0.2) is 59.7 Å². The van der Waals surface area contributed by atoms with E-state index in [1.54, 1.807) is 0 Å². The lowest BCUT2D eigenvalue weighted by Gasteiger charge is -2.22. The van der Waals surface area contributed by atoms with Crippen molar-refractivity contribution < 1.29 is 9.90 Å². The van der Waals surface area contributed by atoms with Crippen molar-refractivity contribution in [3.8, 4) is 0 Å². The number of ketones is 1. The lowest BCUT2D eigenvalue weighted by atomic mass is 9.85. The minimum absolute atomic E-state index is 0.0265. The van der Waals surface area contributed by atoms with Gasteiger partial charge in [-0.1, -0.05) is 24.3 Å². The van der Waals surface area contributed by atoms with Gasteiger partial charge in [0.15, 0.2) is 5.78 Å². The largest absolute Gasteiger partial charge is 0.392 e. The first-order valence-electron chi connectivity index (χ1n) is 9.52. The molecule has 0 aromatic heterocycles. The summed E-state index contributed by atoms with van der Waals surface area (Å²) < 4.78 is 0. The van der Waals surface area contributed by atoms with Crippen molar-refractivity contribution in [3.05, 3.63) is 70.8 Å². The van der Waals surface area contributed by atoms with Crippen molar-refractivity contribution in [2.75, 3.05) is 38.0 Å². The maximum absolute atomic E-state index is 13.0. The summed E-state index contributed by atoms with van der Waals surface area (Å²) in [5, 5.41) is 10.3. The zero-order valence-electron chi connectivity index (χ0n) is 17.0. The van der Waals surface area contributed by atoms with Gasteiger partial charge in [0.2, 0.25) is 0 Å². The second-order valence-electron chi connectivity index (χ2n) is 7.70. The molecule has 0 bridgehead atoms. The number of aliphatic hydroxyl groups excluding tert-OH is 1. The third kappa shape index (κ3) is 4.70. The Hall–Kier alpha value is -2.85. The molecule has 0 heterocycles. The Morgan fingerprint density at radius 2 is 1.11 bits per heavy atom. The first-order chi connectivity index (χ1) is 13.3. The Bertz CT molecular complexity index is 818. The third-order valence-electron chi connectivity index (χ3n) is 5.00.